The summed E-state index contributed by atoms with van der Waals surface area (Å²) >= 11 is 0. The molecule has 156 valence electrons. The van der Waals surface area contributed by atoms with Gasteiger partial charge >= 0.3 is 0 Å². The molecule has 0 aliphatic rings. The molecular weight excluding hydrogens is 402 g/mol. The van der Waals surface area contributed by atoms with Crippen LogP contribution in [0.4, 0.5) is 0 Å². The van der Waals surface area contributed by atoms with E-state index in [-0.39, 0.29) is 17.4 Å². The molecule has 0 unspecified atom stereocenters. The summed E-state index contributed by atoms with van der Waals surface area (Å²) in [6.07, 6.45) is 3.92. The van der Waals surface area contributed by atoms with Gasteiger partial charge in [0.1, 0.15) is 5.75 Å². The second-order valence-corrected chi connectivity index (χ2v) is 8.29. The van der Waals surface area contributed by atoms with Gasteiger partial charge in [0.15, 0.2) is 6.61 Å². The summed E-state index contributed by atoms with van der Waals surface area (Å²) in [6, 6.07) is 19.3. The van der Waals surface area contributed by atoms with E-state index < -0.39 is 10.0 Å². The summed E-state index contributed by atoms with van der Waals surface area (Å²) in [7, 11) is -3.61. The van der Waals surface area contributed by atoms with Crippen LogP contribution in [0.2, 0.25) is 0 Å². The van der Waals surface area contributed by atoms with Crippen molar-refractivity contribution in [2.24, 2.45) is 0 Å². The molecule has 1 amide bonds. The van der Waals surface area contributed by atoms with Crippen molar-refractivity contribution < 1.29 is 17.9 Å². The Bertz CT molecular complexity index is 1040. The summed E-state index contributed by atoms with van der Waals surface area (Å²) < 4.78 is 32.8. The van der Waals surface area contributed by atoms with Crippen molar-refractivity contribution in [1.82, 2.24) is 15.0 Å². The highest BCUT2D eigenvalue weighted by atomic mass is 32.2. The van der Waals surface area contributed by atoms with Gasteiger partial charge in [-0.1, -0.05) is 30.3 Å². The molecule has 0 spiro atoms. The molecule has 30 heavy (non-hydrogen) atoms. The lowest BCUT2D eigenvalue weighted by Gasteiger charge is -2.09. The number of hydrogen-bond donors (Lipinski definition) is 2. The third-order valence-electron chi connectivity index (χ3n) is 4.29. The highest BCUT2D eigenvalue weighted by Crippen LogP contribution is 2.16. The van der Waals surface area contributed by atoms with Gasteiger partial charge in [-0.2, -0.15) is 0 Å². The molecule has 0 saturated heterocycles. The van der Waals surface area contributed by atoms with Crippen molar-refractivity contribution in [3.63, 3.8) is 0 Å². The highest BCUT2D eigenvalue weighted by Gasteiger charge is 2.13. The van der Waals surface area contributed by atoms with E-state index in [9.17, 15) is 13.2 Å². The van der Waals surface area contributed by atoms with Crippen molar-refractivity contribution in [2.75, 3.05) is 13.2 Å². The number of sulfonamides is 1. The van der Waals surface area contributed by atoms with Crippen LogP contribution in [0.15, 0.2) is 84.0 Å². The van der Waals surface area contributed by atoms with Gasteiger partial charge in [0.25, 0.3) is 5.91 Å². The molecule has 1 heterocycles. The first-order valence-electron chi connectivity index (χ1n) is 9.45. The Kier molecular flexibility index (Phi) is 7.53. The van der Waals surface area contributed by atoms with Crippen LogP contribution < -0.4 is 14.8 Å². The van der Waals surface area contributed by atoms with Gasteiger partial charge in [-0.15, -0.1) is 0 Å². The molecule has 0 saturated carbocycles. The maximum Gasteiger partial charge on any atom is 0.258 e. The summed E-state index contributed by atoms with van der Waals surface area (Å²) in [5.74, 6) is 0.142. The lowest BCUT2D eigenvalue weighted by Crippen LogP contribution is -2.28. The Labute approximate surface area is 176 Å². The maximum atomic E-state index is 12.4. The van der Waals surface area contributed by atoms with E-state index in [1.807, 2.05) is 42.5 Å². The van der Waals surface area contributed by atoms with E-state index in [0.29, 0.717) is 25.3 Å². The number of aromatic nitrogens is 1. The van der Waals surface area contributed by atoms with E-state index in [2.05, 4.69) is 15.0 Å². The number of benzene rings is 2. The minimum absolute atomic E-state index is 0.144. The molecule has 2 aromatic carbocycles. The smallest absolute Gasteiger partial charge is 0.258 e. The normalized spacial score (nSPS) is 11.1. The van der Waals surface area contributed by atoms with E-state index >= 15 is 0 Å². The van der Waals surface area contributed by atoms with Gasteiger partial charge in [0.2, 0.25) is 10.0 Å². The first-order valence-corrected chi connectivity index (χ1v) is 10.9. The van der Waals surface area contributed by atoms with Gasteiger partial charge < -0.3 is 10.1 Å². The van der Waals surface area contributed by atoms with Crippen molar-refractivity contribution in [2.45, 2.75) is 17.9 Å². The van der Waals surface area contributed by atoms with E-state index in [1.165, 1.54) is 24.3 Å². The third kappa shape index (κ3) is 6.68. The lowest BCUT2D eigenvalue weighted by molar-refractivity contribution is -0.123. The van der Waals surface area contributed by atoms with Crippen LogP contribution >= 0.6 is 0 Å². The van der Waals surface area contributed by atoms with E-state index in [1.54, 1.807) is 12.4 Å². The average molecular weight is 426 g/mol. The number of hydrogen-bond acceptors (Lipinski definition) is 5. The number of rotatable bonds is 10. The van der Waals surface area contributed by atoms with Gasteiger partial charge in [0, 0.05) is 25.5 Å². The van der Waals surface area contributed by atoms with Gasteiger partial charge in [0.05, 0.1) is 4.90 Å². The van der Waals surface area contributed by atoms with Gasteiger partial charge in [-0.3, -0.25) is 9.78 Å². The number of nitrogens with one attached hydrogen (secondary N) is 2. The van der Waals surface area contributed by atoms with Crippen LogP contribution in [0.1, 0.15) is 11.1 Å². The van der Waals surface area contributed by atoms with Crippen LogP contribution in [0.25, 0.3) is 0 Å². The Morgan fingerprint density at radius 1 is 0.900 bits per heavy atom. The van der Waals surface area contributed by atoms with E-state index in [4.69, 9.17) is 4.74 Å². The Hall–Kier alpha value is -3.23. The standard InChI is InChI=1S/C22H23N3O4S/c26-22(24-16-19-10-13-23-14-11-19)17-29-20-6-8-21(9-7-20)30(27,28)25-15-12-18-4-2-1-3-5-18/h1-11,13-14,25H,12,15-17H2,(H,24,26). The molecule has 7 nitrogen and oxygen atoms in total. The molecule has 3 rings (SSSR count). The van der Waals surface area contributed by atoms with Crippen LogP contribution in [-0.4, -0.2) is 32.5 Å². The molecule has 3 aromatic rings. The molecule has 0 aliphatic carbocycles. The number of amides is 1. The van der Waals surface area contributed by atoms with Crippen molar-refractivity contribution in [3.8, 4) is 5.75 Å². The molecule has 0 aliphatic heterocycles. The highest BCUT2D eigenvalue weighted by molar-refractivity contribution is 7.89. The number of nitrogens with zero attached hydrogens (tertiary/aromatic N) is 1. The summed E-state index contributed by atoms with van der Waals surface area (Å²) in [5, 5.41) is 2.74. The van der Waals surface area contributed by atoms with Crippen LogP contribution in [0.5, 0.6) is 5.75 Å². The SMILES string of the molecule is O=C(COc1ccc(S(=O)(=O)NCCc2ccccc2)cc1)NCc1ccncc1. The zero-order chi connectivity index (χ0) is 21.2. The monoisotopic (exact) mass is 425 g/mol. The number of pyridine rings is 1. The second-order valence-electron chi connectivity index (χ2n) is 6.53. The Balaban J connectivity index is 1.44. The fourth-order valence-corrected chi connectivity index (χ4v) is 3.71. The summed E-state index contributed by atoms with van der Waals surface area (Å²) in [6.45, 7) is 0.533. The predicted octanol–water partition coefficient (Wildman–Crippen LogP) is 2.30. The fourth-order valence-electron chi connectivity index (χ4n) is 2.67. The third-order valence-corrected chi connectivity index (χ3v) is 5.77. The lowest BCUT2D eigenvalue weighted by atomic mass is 10.2. The van der Waals surface area contributed by atoms with Crippen LogP contribution in [0, 0.1) is 0 Å². The minimum Gasteiger partial charge on any atom is -0.484 e. The Morgan fingerprint density at radius 3 is 2.30 bits per heavy atom. The average Bonchev–Trinajstić information content (AvgIpc) is 2.78. The van der Waals surface area contributed by atoms with Gasteiger partial charge in [-0.25, -0.2) is 13.1 Å². The Morgan fingerprint density at radius 2 is 1.60 bits per heavy atom. The number of carbonyl (C=O) groups excluding carboxylic acids is 1. The zero-order valence-electron chi connectivity index (χ0n) is 16.3. The number of ether oxygens (including phenoxy) is 1. The molecule has 0 atom stereocenters. The molecule has 0 bridgehead atoms. The molecule has 0 radical (unpaired) electrons. The second kappa shape index (κ2) is 10.5. The number of carbonyl (C=O) groups is 1. The van der Waals surface area contributed by atoms with Crippen LogP contribution in [-0.2, 0) is 27.8 Å². The minimum atomic E-state index is -3.61. The van der Waals surface area contributed by atoms with Crippen molar-refractivity contribution in [1.29, 1.82) is 0 Å². The molecule has 1 aromatic heterocycles. The molecule has 2 N–H and O–H groups in total. The summed E-state index contributed by atoms with van der Waals surface area (Å²) in [5.41, 5.74) is 2.00. The molecule has 8 heteroatoms. The van der Waals surface area contributed by atoms with Crippen LogP contribution in [0.3, 0.4) is 0 Å². The summed E-state index contributed by atoms with van der Waals surface area (Å²) in [4.78, 5) is 16.0. The first-order chi connectivity index (χ1) is 14.5. The quantitative estimate of drug-likeness (QED) is 0.520. The molecule has 0 fully saturated rings. The van der Waals surface area contributed by atoms with Gasteiger partial charge in [-0.05, 0) is 53.9 Å². The van der Waals surface area contributed by atoms with E-state index in [0.717, 1.165) is 11.1 Å². The van der Waals surface area contributed by atoms with Crippen molar-refractivity contribution >= 4 is 15.9 Å². The van der Waals surface area contributed by atoms with Crippen molar-refractivity contribution in [3.05, 3.63) is 90.3 Å². The predicted molar refractivity (Wildman–Crippen MR) is 113 cm³/mol. The largest absolute Gasteiger partial charge is 0.484 e. The topological polar surface area (TPSA) is 97.4 Å². The first kappa shape index (κ1) is 21.5. The fraction of sp³-hybridized carbons (Fsp3) is 0.182. The molecular formula is C22H23N3O4S. The maximum absolute atomic E-state index is 12.4. The zero-order valence-corrected chi connectivity index (χ0v) is 17.1.